The number of imidazole rings is 1. The van der Waals surface area contributed by atoms with Crippen molar-refractivity contribution in [2.45, 2.75) is 38.2 Å². The Labute approximate surface area is 299 Å². The normalized spacial score (nSPS) is 12.6. The zero-order chi connectivity index (χ0) is 37.0. The molecule has 1 N–H and O–H groups in total. The van der Waals surface area contributed by atoms with Crippen LogP contribution < -0.4 is 0 Å². The molecule has 7 aromatic rings. The first-order valence-electron chi connectivity index (χ1n) is 17.8. The van der Waals surface area contributed by atoms with Crippen LogP contribution >= 0.6 is 11.6 Å². The van der Waals surface area contributed by atoms with Gasteiger partial charge < -0.3 is 9.67 Å². The van der Waals surface area contributed by atoms with Gasteiger partial charge in [0.25, 0.3) is 0 Å². The summed E-state index contributed by atoms with van der Waals surface area (Å²) >= 11 is 6.27. The van der Waals surface area contributed by atoms with Crippen molar-refractivity contribution in [2.24, 2.45) is 0 Å². The fraction of sp³-hybridized carbons (Fsp3) is 0.146. The molecular weight excluding hydrogens is 644 g/mol. The highest BCUT2D eigenvalue weighted by atomic mass is 35.5. The molecule has 0 spiro atoms. The molecule has 0 unspecified atom stereocenters. The van der Waals surface area contributed by atoms with Gasteiger partial charge in [-0.2, -0.15) is 0 Å². The minimum Gasteiger partial charge on any atom is -0.476 e. The number of aromatic carboxylic acids is 1. The topological polar surface area (TPSA) is 98.7 Å². The van der Waals surface area contributed by atoms with Gasteiger partial charge in [-0.25, -0.2) is 14.5 Å². The predicted molar refractivity (Wildman–Crippen MR) is 195 cm³/mol. The Kier molecular flexibility index (Phi) is 8.33. The summed E-state index contributed by atoms with van der Waals surface area (Å²) in [6.45, 7) is -1.89. The first kappa shape index (κ1) is 29.1. The number of hydrogen-bond donors (Lipinski definition) is 1. The second-order valence-corrected chi connectivity index (χ2v) is 12.2. The van der Waals surface area contributed by atoms with Crippen LogP contribution in [0.1, 0.15) is 62.4 Å². The van der Waals surface area contributed by atoms with Crippen LogP contribution in [-0.4, -0.2) is 40.8 Å². The third kappa shape index (κ3) is 5.99. The molecule has 0 aliphatic carbocycles. The first-order valence-corrected chi connectivity index (χ1v) is 16.7. The Bertz CT molecular complexity index is 2230. The number of benzene rings is 5. The quantitative estimate of drug-likeness (QED) is 0.130. The van der Waals surface area contributed by atoms with E-state index in [-0.39, 0.29) is 30.2 Å². The van der Waals surface area contributed by atoms with Crippen LogP contribution in [0.15, 0.2) is 140 Å². The molecular formula is C41H35ClN6O2. The number of carbonyl (C=O) groups is 1. The van der Waals surface area contributed by atoms with Crippen molar-refractivity contribution in [1.29, 1.82) is 0 Å². The summed E-state index contributed by atoms with van der Waals surface area (Å²) in [5.41, 5.74) is 5.38. The van der Waals surface area contributed by atoms with E-state index in [4.69, 9.17) is 20.9 Å². The summed E-state index contributed by atoms with van der Waals surface area (Å²) in [5.74, 6) is -0.204. The molecule has 50 heavy (non-hydrogen) atoms. The van der Waals surface area contributed by atoms with Crippen LogP contribution in [0.3, 0.4) is 0 Å². The van der Waals surface area contributed by atoms with Crippen LogP contribution in [-0.2, 0) is 18.5 Å². The molecule has 0 atom stereocenters. The maximum Gasteiger partial charge on any atom is 0.355 e. The third-order valence-corrected chi connectivity index (χ3v) is 9.18. The largest absolute Gasteiger partial charge is 0.476 e. The second kappa shape index (κ2) is 14.3. The molecule has 2 aromatic heterocycles. The first-order chi connectivity index (χ1) is 25.7. The summed E-state index contributed by atoms with van der Waals surface area (Å²) in [5, 5.41) is 23.5. The Balaban J connectivity index is 1.30. The van der Waals surface area contributed by atoms with Crippen molar-refractivity contribution in [3.05, 3.63) is 178 Å². The van der Waals surface area contributed by atoms with E-state index in [0.29, 0.717) is 18.1 Å². The van der Waals surface area contributed by atoms with E-state index < -0.39 is 18.4 Å². The van der Waals surface area contributed by atoms with E-state index in [1.165, 1.54) is 0 Å². The summed E-state index contributed by atoms with van der Waals surface area (Å²) in [7, 11) is 0. The van der Waals surface area contributed by atoms with Crippen LogP contribution in [0.4, 0.5) is 0 Å². The standard InChI is InChI=1S/C41H35ClN6O2/c1-2-3-23-36-43-38(42)37(40(49)50)47(36)28-29-24-26-30(27-25-29)34-21-13-14-22-35(34)39-44-45-46-48(39)41(31-15-7-4-8-16-31,32-17-9-5-10-18-32)33-19-11-6-12-20-33/h4-22,24-27H,2-3,23,28H2,1H3,(H,49,50)/i1D3. The van der Waals surface area contributed by atoms with E-state index in [1.807, 2.05) is 108 Å². The lowest BCUT2D eigenvalue weighted by Crippen LogP contribution is -2.39. The van der Waals surface area contributed by atoms with E-state index in [1.54, 1.807) is 4.57 Å². The van der Waals surface area contributed by atoms with Crippen LogP contribution in [0, 0.1) is 0 Å². The average molecular weight is 682 g/mol. The predicted octanol–water partition coefficient (Wildman–Crippen LogP) is 8.79. The van der Waals surface area contributed by atoms with Crippen LogP contribution in [0.2, 0.25) is 5.15 Å². The number of nitrogens with zero attached hydrogens (tertiary/aromatic N) is 6. The van der Waals surface area contributed by atoms with E-state index in [0.717, 1.165) is 38.9 Å². The molecule has 0 saturated carbocycles. The van der Waals surface area contributed by atoms with Crippen molar-refractivity contribution in [2.75, 3.05) is 0 Å². The van der Waals surface area contributed by atoms with Gasteiger partial charge in [0.15, 0.2) is 16.7 Å². The monoisotopic (exact) mass is 681 g/mol. The van der Waals surface area contributed by atoms with Crippen LogP contribution in [0.25, 0.3) is 22.5 Å². The highest BCUT2D eigenvalue weighted by Crippen LogP contribution is 2.43. The summed E-state index contributed by atoms with van der Waals surface area (Å²) in [6.07, 6.45) is 0.584. The molecule has 9 heteroatoms. The molecule has 0 aliphatic rings. The molecule has 0 saturated heterocycles. The molecule has 7 rings (SSSR count). The van der Waals surface area contributed by atoms with E-state index >= 15 is 0 Å². The number of aryl methyl sites for hydroxylation is 1. The highest BCUT2D eigenvalue weighted by Gasteiger charge is 2.42. The van der Waals surface area contributed by atoms with Gasteiger partial charge >= 0.3 is 5.97 Å². The maximum absolute atomic E-state index is 12.2. The molecule has 0 bridgehead atoms. The Morgan fingerprint density at radius 2 is 1.34 bits per heavy atom. The Morgan fingerprint density at radius 1 is 0.780 bits per heavy atom. The van der Waals surface area contributed by atoms with Crippen LogP contribution in [0.5, 0.6) is 0 Å². The van der Waals surface area contributed by atoms with Gasteiger partial charge in [-0.3, -0.25) is 0 Å². The van der Waals surface area contributed by atoms with Gasteiger partial charge in [0.1, 0.15) is 11.4 Å². The number of halogens is 1. The fourth-order valence-electron chi connectivity index (χ4n) is 6.67. The summed E-state index contributed by atoms with van der Waals surface area (Å²) < 4.78 is 26.1. The molecule has 0 aliphatic heterocycles. The second-order valence-electron chi connectivity index (χ2n) is 11.9. The molecule has 2 heterocycles. The van der Waals surface area contributed by atoms with Gasteiger partial charge in [0.2, 0.25) is 0 Å². The number of hydrogen-bond acceptors (Lipinski definition) is 5. The number of carboxylic acids is 1. The molecule has 0 amide bonds. The molecule has 8 nitrogen and oxygen atoms in total. The van der Waals surface area contributed by atoms with Crippen molar-refractivity contribution in [3.63, 3.8) is 0 Å². The molecule has 0 radical (unpaired) electrons. The maximum atomic E-state index is 12.2. The summed E-state index contributed by atoms with van der Waals surface area (Å²) in [4.78, 5) is 16.5. The SMILES string of the molecule is [2H]C([2H])([2H])CCCc1nc(Cl)c(C(=O)O)n1Cc1ccc(-c2ccccc2-c2nnnn2C(c2ccccc2)(c2ccccc2)c2ccccc2)cc1. The molecule has 5 aromatic carbocycles. The lowest BCUT2D eigenvalue weighted by Gasteiger charge is -2.36. The van der Waals surface area contributed by atoms with Gasteiger partial charge in [-0.1, -0.05) is 164 Å². The van der Waals surface area contributed by atoms with Crippen molar-refractivity contribution < 1.29 is 14.0 Å². The van der Waals surface area contributed by atoms with Crippen molar-refractivity contribution in [1.82, 2.24) is 29.8 Å². The van der Waals surface area contributed by atoms with E-state index in [2.05, 4.69) is 51.7 Å². The number of rotatable bonds is 12. The van der Waals surface area contributed by atoms with Gasteiger partial charge in [0.05, 0.1) is 0 Å². The lowest BCUT2D eigenvalue weighted by molar-refractivity contribution is 0.0685. The van der Waals surface area contributed by atoms with Crippen molar-refractivity contribution >= 4 is 17.6 Å². The number of carboxylic acid groups (broad SMARTS) is 1. The number of aromatic nitrogens is 6. The lowest BCUT2D eigenvalue weighted by atomic mass is 9.77. The minimum absolute atomic E-state index is 0.0135. The van der Waals surface area contributed by atoms with E-state index in [9.17, 15) is 9.90 Å². The zero-order valence-corrected chi connectivity index (χ0v) is 27.8. The van der Waals surface area contributed by atoms with Crippen molar-refractivity contribution in [3.8, 4) is 22.5 Å². The van der Waals surface area contributed by atoms with Gasteiger partial charge in [0, 0.05) is 22.6 Å². The smallest absolute Gasteiger partial charge is 0.355 e. The Hall–Kier alpha value is -5.86. The average Bonchev–Trinajstić information content (AvgIpc) is 3.77. The fourth-order valence-corrected chi connectivity index (χ4v) is 6.95. The van der Waals surface area contributed by atoms with Gasteiger partial charge in [-0.05, 0) is 50.2 Å². The third-order valence-electron chi connectivity index (χ3n) is 8.92. The molecule has 0 fully saturated rings. The highest BCUT2D eigenvalue weighted by molar-refractivity contribution is 6.32. The van der Waals surface area contributed by atoms with Gasteiger partial charge in [-0.15, -0.1) is 5.10 Å². The molecule has 248 valence electrons. The Morgan fingerprint density at radius 3 is 1.90 bits per heavy atom. The zero-order valence-electron chi connectivity index (χ0n) is 30.0. The number of tetrazole rings is 1. The minimum atomic E-state index is -2.08. The summed E-state index contributed by atoms with van der Waals surface area (Å²) in [6, 6.07) is 46.5.